The number of aromatic nitrogens is 1. The van der Waals surface area contributed by atoms with Crippen molar-refractivity contribution in [2.24, 2.45) is 0 Å². The van der Waals surface area contributed by atoms with Crippen LogP contribution in [0.4, 0.5) is 5.69 Å². The quantitative estimate of drug-likeness (QED) is 0.498. The van der Waals surface area contributed by atoms with E-state index in [-0.39, 0.29) is 11.9 Å². The van der Waals surface area contributed by atoms with E-state index in [2.05, 4.69) is 17.6 Å². The van der Waals surface area contributed by atoms with Gasteiger partial charge in [-0.1, -0.05) is 6.07 Å². The number of ether oxygens (including phenoxy) is 3. The first-order chi connectivity index (χ1) is 16.9. The van der Waals surface area contributed by atoms with Crippen LogP contribution in [0.1, 0.15) is 41.0 Å². The molecular weight excluding hydrogens is 444 g/mol. The van der Waals surface area contributed by atoms with E-state index in [1.807, 2.05) is 31.2 Å². The maximum atomic E-state index is 13.4. The minimum atomic E-state index is -0.340. The van der Waals surface area contributed by atoms with Gasteiger partial charge in [-0.3, -0.25) is 4.79 Å². The number of esters is 1. The molecule has 0 N–H and O–H groups in total. The van der Waals surface area contributed by atoms with Gasteiger partial charge >= 0.3 is 5.97 Å². The highest BCUT2D eigenvalue weighted by atomic mass is 16.5. The molecule has 3 heterocycles. The van der Waals surface area contributed by atoms with E-state index >= 15 is 0 Å². The summed E-state index contributed by atoms with van der Waals surface area (Å²) in [7, 11) is 3.24. The lowest BCUT2D eigenvalue weighted by Gasteiger charge is -2.23. The lowest BCUT2D eigenvalue weighted by Crippen LogP contribution is -2.25. The van der Waals surface area contributed by atoms with Gasteiger partial charge in [0.05, 0.1) is 32.1 Å². The van der Waals surface area contributed by atoms with E-state index < -0.39 is 0 Å². The van der Waals surface area contributed by atoms with Crippen molar-refractivity contribution in [3.8, 4) is 33.9 Å². The number of nitrogens with zero attached hydrogens (tertiary/aromatic N) is 2. The largest absolute Gasteiger partial charge is 0.493 e. The molecule has 0 radical (unpaired) electrons. The van der Waals surface area contributed by atoms with Crippen molar-refractivity contribution in [2.75, 3.05) is 32.3 Å². The van der Waals surface area contributed by atoms with Crippen LogP contribution in [0, 0.1) is 6.92 Å². The Morgan fingerprint density at radius 2 is 1.69 bits per heavy atom. The molecule has 7 nitrogen and oxygen atoms in total. The summed E-state index contributed by atoms with van der Waals surface area (Å²) in [5.74, 6) is 0.999. The Morgan fingerprint density at radius 1 is 0.971 bits per heavy atom. The van der Waals surface area contributed by atoms with Gasteiger partial charge < -0.3 is 23.7 Å². The number of carbonyl (C=O) groups excluding carboxylic acids is 2. The number of rotatable bonds is 5. The van der Waals surface area contributed by atoms with Crippen LogP contribution >= 0.6 is 0 Å². The van der Waals surface area contributed by atoms with Gasteiger partial charge in [0.25, 0.3) is 0 Å². The smallest absolute Gasteiger partial charge is 0.340 e. The third-order valence-corrected chi connectivity index (χ3v) is 7.12. The summed E-state index contributed by atoms with van der Waals surface area (Å²) in [6.07, 6.45) is 1.61. The molecule has 2 aliphatic rings. The van der Waals surface area contributed by atoms with E-state index in [1.54, 1.807) is 26.0 Å². The number of hydrogen-bond acceptors (Lipinski definition) is 5. The molecule has 0 fully saturated rings. The molecule has 0 saturated carbocycles. The van der Waals surface area contributed by atoms with Crippen LogP contribution in [0.3, 0.4) is 0 Å². The van der Waals surface area contributed by atoms with Crippen molar-refractivity contribution in [1.29, 1.82) is 0 Å². The summed E-state index contributed by atoms with van der Waals surface area (Å²) in [4.78, 5) is 27.3. The molecule has 0 atom stereocenters. The van der Waals surface area contributed by atoms with Crippen molar-refractivity contribution < 1.29 is 23.8 Å². The average molecular weight is 475 g/mol. The Hall–Kier alpha value is -3.74. The number of aryl methyl sites for hydroxylation is 1. The highest BCUT2D eigenvalue weighted by Crippen LogP contribution is 2.46. The van der Waals surface area contributed by atoms with E-state index in [1.165, 1.54) is 0 Å². The van der Waals surface area contributed by atoms with Crippen LogP contribution in [-0.2, 0) is 28.9 Å². The minimum Gasteiger partial charge on any atom is -0.493 e. The van der Waals surface area contributed by atoms with Crippen molar-refractivity contribution in [1.82, 2.24) is 4.57 Å². The zero-order valence-electron chi connectivity index (χ0n) is 20.9. The van der Waals surface area contributed by atoms with E-state index in [9.17, 15) is 9.59 Å². The van der Waals surface area contributed by atoms with Gasteiger partial charge in [-0.25, -0.2) is 4.79 Å². The molecule has 1 aromatic heterocycles. The molecule has 0 spiro atoms. The summed E-state index contributed by atoms with van der Waals surface area (Å²) in [5, 5.41) is 0. The fourth-order valence-corrected chi connectivity index (χ4v) is 5.52. The zero-order chi connectivity index (χ0) is 24.9. The molecule has 0 bridgehead atoms. The average Bonchev–Trinajstić information content (AvgIpc) is 3.41. The molecule has 5 rings (SSSR count). The van der Waals surface area contributed by atoms with Gasteiger partial charge in [0.1, 0.15) is 0 Å². The van der Waals surface area contributed by atoms with Crippen LogP contribution in [0.15, 0.2) is 30.3 Å². The standard InChI is InChI=1S/C28H30N2O5/c1-6-35-28(32)26-25(20-7-8-22-19(13-20)10-12-30(22)17(3)31)16(2)29-11-9-18-14-23(33-4)24(34-5)15-21(18)27(26)29/h7-8,13-15H,6,9-12H2,1-5H3. The van der Waals surface area contributed by atoms with Gasteiger partial charge in [-0.15, -0.1) is 0 Å². The Kier molecular flexibility index (Phi) is 5.79. The lowest BCUT2D eigenvalue weighted by molar-refractivity contribution is -0.116. The highest BCUT2D eigenvalue weighted by molar-refractivity contribution is 6.06. The Labute approximate surface area is 205 Å². The number of hydrogen-bond donors (Lipinski definition) is 0. The third-order valence-electron chi connectivity index (χ3n) is 7.12. The number of methoxy groups -OCH3 is 2. The van der Waals surface area contributed by atoms with Gasteiger partial charge in [-0.2, -0.15) is 0 Å². The summed E-state index contributed by atoms with van der Waals surface area (Å²) < 4.78 is 18.9. The molecule has 0 saturated heterocycles. The monoisotopic (exact) mass is 474 g/mol. The van der Waals surface area contributed by atoms with E-state index in [4.69, 9.17) is 14.2 Å². The zero-order valence-corrected chi connectivity index (χ0v) is 20.9. The molecule has 2 aliphatic heterocycles. The fraction of sp³-hybridized carbons (Fsp3) is 0.357. The normalized spacial score (nSPS) is 13.7. The van der Waals surface area contributed by atoms with Crippen molar-refractivity contribution in [2.45, 2.75) is 40.2 Å². The number of fused-ring (bicyclic) bond motifs is 4. The van der Waals surface area contributed by atoms with Gasteiger partial charge in [0.15, 0.2) is 11.5 Å². The molecule has 7 heteroatoms. The summed E-state index contributed by atoms with van der Waals surface area (Å²) in [6, 6.07) is 10.1. The van der Waals surface area contributed by atoms with E-state index in [0.717, 1.165) is 64.3 Å². The first kappa shape index (κ1) is 23.0. The molecule has 0 unspecified atom stereocenters. The Morgan fingerprint density at radius 3 is 2.37 bits per heavy atom. The first-order valence-corrected chi connectivity index (χ1v) is 12.0. The Balaban J connectivity index is 1.74. The van der Waals surface area contributed by atoms with Crippen LogP contribution in [0.25, 0.3) is 22.4 Å². The van der Waals surface area contributed by atoms with Crippen molar-refractivity contribution >= 4 is 17.6 Å². The number of anilines is 1. The van der Waals surface area contributed by atoms with Crippen LogP contribution in [-0.4, -0.2) is 43.8 Å². The summed E-state index contributed by atoms with van der Waals surface area (Å²) in [6.45, 7) is 7.19. The predicted molar refractivity (Wildman–Crippen MR) is 135 cm³/mol. The second-order valence-corrected chi connectivity index (χ2v) is 8.93. The topological polar surface area (TPSA) is 70.0 Å². The number of carbonyl (C=O) groups is 2. The summed E-state index contributed by atoms with van der Waals surface area (Å²) in [5.41, 5.74) is 8.40. The predicted octanol–water partition coefficient (Wildman–Crippen LogP) is 4.79. The first-order valence-electron chi connectivity index (χ1n) is 12.0. The maximum absolute atomic E-state index is 13.4. The molecule has 0 aliphatic carbocycles. The lowest BCUT2D eigenvalue weighted by atomic mass is 9.92. The van der Waals surface area contributed by atoms with Gasteiger partial charge in [-0.05, 0) is 67.6 Å². The van der Waals surface area contributed by atoms with Crippen LogP contribution in [0.5, 0.6) is 11.5 Å². The molecule has 35 heavy (non-hydrogen) atoms. The number of amides is 1. The minimum absolute atomic E-state index is 0.0419. The second-order valence-electron chi connectivity index (χ2n) is 8.93. The van der Waals surface area contributed by atoms with E-state index in [0.29, 0.717) is 30.2 Å². The SMILES string of the molecule is CCOC(=O)c1c(-c2ccc3c(c2)CCN3C(C)=O)c(C)n2c1-c1cc(OC)c(OC)cc1CC2. The molecule has 2 aromatic carbocycles. The highest BCUT2D eigenvalue weighted by Gasteiger charge is 2.33. The fourth-order valence-electron chi connectivity index (χ4n) is 5.52. The van der Waals surface area contributed by atoms with Crippen molar-refractivity contribution in [3.05, 3.63) is 52.7 Å². The summed E-state index contributed by atoms with van der Waals surface area (Å²) >= 11 is 0. The third kappa shape index (κ3) is 3.57. The molecular formula is C28H30N2O5. The van der Waals surface area contributed by atoms with Gasteiger partial charge in [0, 0.05) is 42.5 Å². The van der Waals surface area contributed by atoms with Crippen molar-refractivity contribution in [3.63, 3.8) is 0 Å². The Bertz CT molecular complexity index is 1350. The van der Waals surface area contributed by atoms with Gasteiger partial charge in [0.2, 0.25) is 5.91 Å². The maximum Gasteiger partial charge on any atom is 0.340 e. The molecule has 3 aromatic rings. The molecule has 182 valence electrons. The van der Waals surface area contributed by atoms with Crippen LogP contribution < -0.4 is 14.4 Å². The number of benzene rings is 2. The molecule has 1 amide bonds. The second kappa shape index (κ2) is 8.80. The van der Waals surface area contributed by atoms with Crippen LogP contribution in [0.2, 0.25) is 0 Å².